The van der Waals surface area contributed by atoms with Gasteiger partial charge in [-0.15, -0.1) is 0 Å². The number of hydrogen-bond acceptors (Lipinski definition) is 5. The summed E-state index contributed by atoms with van der Waals surface area (Å²) >= 11 is 0. The SMILES string of the molecule is Cc1cc(NC(=O)c2onc3ccccc23)ccc1C1NNC(=O)C2CCCCC21. The maximum atomic E-state index is 12.7. The molecular weight excluding hydrogens is 380 g/mol. The Morgan fingerprint density at radius 1 is 1.17 bits per heavy atom. The zero-order valence-corrected chi connectivity index (χ0v) is 16.8. The van der Waals surface area contributed by atoms with Crippen molar-refractivity contribution in [2.75, 3.05) is 5.32 Å². The summed E-state index contributed by atoms with van der Waals surface area (Å²) in [6, 6.07) is 13.3. The number of nitrogens with zero attached hydrogens (tertiary/aromatic N) is 1. The molecule has 3 unspecified atom stereocenters. The molecule has 3 aromatic rings. The van der Waals surface area contributed by atoms with E-state index in [2.05, 4.69) is 21.3 Å². The third-order valence-corrected chi connectivity index (χ3v) is 6.39. The lowest BCUT2D eigenvalue weighted by atomic mass is 9.71. The van der Waals surface area contributed by atoms with Gasteiger partial charge in [-0.2, -0.15) is 0 Å². The highest BCUT2D eigenvalue weighted by Crippen LogP contribution is 2.41. The molecule has 5 rings (SSSR count). The average molecular weight is 404 g/mol. The summed E-state index contributed by atoms with van der Waals surface area (Å²) in [6.07, 6.45) is 4.27. The number of anilines is 1. The molecular formula is C23H24N4O3. The number of amides is 2. The summed E-state index contributed by atoms with van der Waals surface area (Å²) < 4.78 is 5.26. The Balaban J connectivity index is 1.37. The van der Waals surface area contributed by atoms with Crippen LogP contribution in [0.15, 0.2) is 47.0 Å². The molecule has 0 bridgehead atoms. The van der Waals surface area contributed by atoms with E-state index < -0.39 is 0 Å². The Bertz CT molecular complexity index is 1120. The zero-order chi connectivity index (χ0) is 20.7. The fourth-order valence-electron chi connectivity index (χ4n) is 4.88. The molecule has 2 heterocycles. The zero-order valence-electron chi connectivity index (χ0n) is 16.8. The van der Waals surface area contributed by atoms with Crippen LogP contribution in [0.25, 0.3) is 10.9 Å². The van der Waals surface area contributed by atoms with Crippen LogP contribution in [0.1, 0.15) is 53.4 Å². The Hall–Kier alpha value is -3.19. The second kappa shape index (κ2) is 7.57. The Morgan fingerprint density at radius 3 is 2.87 bits per heavy atom. The standard InChI is InChI=1S/C23H24N4O3/c1-13-12-14(24-23(29)21-18-8-4-5-9-19(18)27-30-21)10-11-15(13)20-16-6-2-3-7-17(16)22(28)26-25-20/h4-5,8-12,16-17,20,25H,2-3,6-7H2,1H3,(H,24,29)(H,26,28). The number of rotatable bonds is 3. The number of hydrazine groups is 1. The highest BCUT2D eigenvalue weighted by Gasteiger charge is 2.40. The lowest BCUT2D eigenvalue weighted by Gasteiger charge is -2.41. The number of carbonyl (C=O) groups is 2. The minimum absolute atomic E-state index is 0.0727. The molecule has 2 amide bonds. The summed E-state index contributed by atoms with van der Waals surface area (Å²) in [5.41, 5.74) is 9.64. The van der Waals surface area contributed by atoms with E-state index in [1.54, 1.807) is 0 Å². The molecule has 154 valence electrons. The van der Waals surface area contributed by atoms with Crippen LogP contribution in [0.5, 0.6) is 0 Å². The molecule has 7 heteroatoms. The van der Waals surface area contributed by atoms with Gasteiger partial charge in [0.15, 0.2) is 0 Å². The first-order chi connectivity index (χ1) is 14.6. The fourth-order valence-corrected chi connectivity index (χ4v) is 4.88. The van der Waals surface area contributed by atoms with Gasteiger partial charge in [-0.3, -0.25) is 15.0 Å². The largest absolute Gasteiger partial charge is 0.350 e. The van der Waals surface area contributed by atoms with Gasteiger partial charge in [0.05, 0.1) is 11.4 Å². The van der Waals surface area contributed by atoms with E-state index >= 15 is 0 Å². The second-order valence-corrected chi connectivity index (χ2v) is 8.22. The maximum absolute atomic E-state index is 12.7. The van der Waals surface area contributed by atoms with Crippen LogP contribution in [-0.4, -0.2) is 17.0 Å². The molecule has 30 heavy (non-hydrogen) atoms. The van der Waals surface area contributed by atoms with E-state index in [0.717, 1.165) is 36.8 Å². The van der Waals surface area contributed by atoms with Crippen LogP contribution >= 0.6 is 0 Å². The van der Waals surface area contributed by atoms with Crippen LogP contribution < -0.4 is 16.2 Å². The Morgan fingerprint density at radius 2 is 2.00 bits per heavy atom. The van der Waals surface area contributed by atoms with Gasteiger partial charge < -0.3 is 9.84 Å². The van der Waals surface area contributed by atoms with E-state index in [1.807, 2.05) is 49.4 Å². The van der Waals surface area contributed by atoms with Gasteiger partial charge in [0, 0.05) is 11.6 Å². The molecule has 2 aromatic carbocycles. The van der Waals surface area contributed by atoms with Crippen LogP contribution in [0, 0.1) is 18.8 Å². The number of aromatic nitrogens is 1. The molecule has 7 nitrogen and oxygen atoms in total. The minimum atomic E-state index is -0.328. The Labute approximate surface area is 174 Å². The van der Waals surface area contributed by atoms with Gasteiger partial charge >= 0.3 is 0 Å². The lowest BCUT2D eigenvalue weighted by Crippen LogP contribution is -2.55. The molecule has 2 aliphatic rings. The van der Waals surface area contributed by atoms with E-state index in [4.69, 9.17) is 4.52 Å². The quantitative estimate of drug-likeness (QED) is 0.616. The van der Waals surface area contributed by atoms with Gasteiger partial charge in [0.1, 0.15) is 5.52 Å². The van der Waals surface area contributed by atoms with Crippen molar-refractivity contribution in [3.8, 4) is 0 Å². The van der Waals surface area contributed by atoms with Crippen molar-refractivity contribution < 1.29 is 14.1 Å². The van der Waals surface area contributed by atoms with Crippen molar-refractivity contribution in [3.63, 3.8) is 0 Å². The van der Waals surface area contributed by atoms with Gasteiger partial charge in [-0.25, -0.2) is 5.43 Å². The number of fused-ring (bicyclic) bond motifs is 2. The number of nitrogens with one attached hydrogen (secondary N) is 3. The molecule has 1 aliphatic heterocycles. The molecule has 3 N–H and O–H groups in total. The van der Waals surface area contributed by atoms with Crippen molar-refractivity contribution in [1.82, 2.24) is 16.0 Å². The fraction of sp³-hybridized carbons (Fsp3) is 0.348. The predicted octanol–water partition coefficient (Wildman–Crippen LogP) is 3.87. The lowest BCUT2D eigenvalue weighted by molar-refractivity contribution is -0.133. The number of hydrogen-bond donors (Lipinski definition) is 3. The smallest absolute Gasteiger partial charge is 0.294 e. The van der Waals surface area contributed by atoms with Crippen LogP contribution in [0.3, 0.4) is 0 Å². The molecule has 1 aromatic heterocycles. The van der Waals surface area contributed by atoms with Gasteiger partial charge in [-0.05, 0) is 61.1 Å². The van der Waals surface area contributed by atoms with Crippen molar-refractivity contribution in [3.05, 3.63) is 59.4 Å². The summed E-state index contributed by atoms with van der Waals surface area (Å²) in [4.78, 5) is 24.9. The van der Waals surface area contributed by atoms with Crippen LogP contribution in [-0.2, 0) is 4.79 Å². The van der Waals surface area contributed by atoms with Gasteiger partial charge in [-0.1, -0.05) is 36.2 Å². The summed E-state index contributed by atoms with van der Waals surface area (Å²) in [5, 5.41) is 7.54. The topological polar surface area (TPSA) is 96.3 Å². The number of carbonyl (C=O) groups excluding carboxylic acids is 2. The third kappa shape index (κ3) is 3.25. The van der Waals surface area contributed by atoms with Crippen molar-refractivity contribution >= 4 is 28.4 Å². The third-order valence-electron chi connectivity index (χ3n) is 6.39. The number of benzene rings is 2. The first-order valence-electron chi connectivity index (χ1n) is 10.4. The predicted molar refractivity (Wildman–Crippen MR) is 113 cm³/mol. The molecule has 0 spiro atoms. The maximum Gasteiger partial charge on any atom is 0.294 e. The summed E-state index contributed by atoms with van der Waals surface area (Å²) in [6.45, 7) is 2.03. The Kier molecular flexibility index (Phi) is 4.75. The van der Waals surface area contributed by atoms with Crippen LogP contribution in [0.4, 0.5) is 5.69 Å². The molecule has 1 saturated heterocycles. The molecule has 1 saturated carbocycles. The molecule has 2 fully saturated rings. The summed E-state index contributed by atoms with van der Waals surface area (Å²) in [5.74, 6) is 0.354. The number of aryl methyl sites for hydroxylation is 1. The van der Waals surface area contributed by atoms with E-state index in [1.165, 1.54) is 0 Å². The van der Waals surface area contributed by atoms with Crippen molar-refractivity contribution in [1.29, 1.82) is 0 Å². The molecule has 3 atom stereocenters. The van der Waals surface area contributed by atoms with Gasteiger partial charge in [0.25, 0.3) is 5.91 Å². The van der Waals surface area contributed by atoms with Crippen molar-refractivity contribution in [2.24, 2.45) is 11.8 Å². The van der Waals surface area contributed by atoms with E-state index in [9.17, 15) is 9.59 Å². The molecule has 0 radical (unpaired) electrons. The normalized spacial score (nSPS) is 23.6. The average Bonchev–Trinajstić information content (AvgIpc) is 3.19. The first kappa shape index (κ1) is 18.8. The summed E-state index contributed by atoms with van der Waals surface area (Å²) in [7, 11) is 0. The monoisotopic (exact) mass is 404 g/mol. The van der Waals surface area contributed by atoms with Crippen molar-refractivity contribution in [2.45, 2.75) is 38.6 Å². The van der Waals surface area contributed by atoms with E-state index in [-0.39, 0.29) is 29.5 Å². The van der Waals surface area contributed by atoms with E-state index in [0.29, 0.717) is 22.5 Å². The van der Waals surface area contributed by atoms with Gasteiger partial charge in [0.2, 0.25) is 11.7 Å². The first-order valence-corrected chi connectivity index (χ1v) is 10.4. The minimum Gasteiger partial charge on any atom is -0.350 e. The second-order valence-electron chi connectivity index (χ2n) is 8.22. The van der Waals surface area contributed by atoms with Crippen LogP contribution in [0.2, 0.25) is 0 Å². The highest BCUT2D eigenvalue weighted by atomic mass is 16.5. The molecule has 1 aliphatic carbocycles. The highest BCUT2D eigenvalue weighted by molar-refractivity contribution is 6.10.